The normalized spacial score (nSPS) is 11.7. The Labute approximate surface area is 109 Å². The highest BCUT2D eigenvalue weighted by atomic mass is 32.2. The molecule has 1 aromatic rings. The van der Waals surface area contributed by atoms with Gasteiger partial charge in [-0.2, -0.15) is 22.0 Å². The van der Waals surface area contributed by atoms with Crippen LogP contribution < -0.4 is 4.74 Å². The van der Waals surface area contributed by atoms with Crippen LogP contribution in [0.3, 0.4) is 0 Å². The quantitative estimate of drug-likeness (QED) is 0.606. The van der Waals surface area contributed by atoms with E-state index in [0.29, 0.717) is 0 Å². The second-order valence-corrected chi connectivity index (χ2v) is 4.64. The van der Waals surface area contributed by atoms with Crippen molar-refractivity contribution in [2.24, 2.45) is 0 Å². The average molecular weight is 300 g/mol. The molecule has 0 unspecified atom stereocenters. The molecule has 0 aliphatic rings. The Morgan fingerprint density at radius 2 is 2.00 bits per heavy atom. The molecule has 0 N–H and O–H groups in total. The van der Waals surface area contributed by atoms with Crippen LogP contribution in [0.25, 0.3) is 0 Å². The second-order valence-electron chi connectivity index (χ2n) is 3.54. The molecule has 0 atom stereocenters. The number of thioether (sulfide) groups is 1. The summed E-state index contributed by atoms with van der Waals surface area (Å²) in [5.74, 6) is -0.867. The minimum absolute atomic E-state index is 0.183. The maximum atomic E-state index is 12.3. The molecule has 0 aliphatic heterocycles. The van der Waals surface area contributed by atoms with Crippen molar-refractivity contribution >= 4 is 17.5 Å². The van der Waals surface area contributed by atoms with E-state index in [-0.39, 0.29) is 10.5 Å². The zero-order valence-corrected chi connectivity index (χ0v) is 10.4. The fraction of sp³-hybridized carbons (Fsp3) is 0.364. The Morgan fingerprint density at radius 1 is 1.37 bits per heavy atom. The first-order valence-corrected chi connectivity index (χ1v) is 5.82. The van der Waals surface area contributed by atoms with E-state index in [1.54, 1.807) is 0 Å². The van der Waals surface area contributed by atoms with Gasteiger partial charge in [0.2, 0.25) is 0 Å². The fourth-order valence-corrected chi connectivity index (χ4v) is 2.09. The van der Waals surface area contributed by atoms with E-state index in [2.05, 4.69) is 4.74 Å². The molecule has 0 bridgehead atoms. The van der Waals surface area contributed by atoms with Gasteiger partial charge in [0.25, 0.3) is 0 Å². The highest BCUT2D eigenvalue weighted by molar-refractivity contribution is 8.00. The van der Waals surface area contributed by atoms with E-state index in [1.807, 2.05) is 0 Å². The predicted octanol–water partition coefficient (Wildman–Crippen LogP) is 4.03. The molecule has 0 aromatic heterocycles. The fourth-order valence-electron chi connectivity index (χ4n) is 1.40. The summed E-state index contributed by atoms with van der Waals surface area (Å²) in [6, 6.07) is 3.37. The van der Waals surface area contributed by atoms with E-state index in [0.717, 1.165) is 25.1 Å². The molecule has 19 heavy (non-hydrogen) atoms. The third-order valence-electron chi connectivity index (χ3n) is 1.96. The monoisotopic (exact) mass is 300 g/mol. The van der Waals surface area contributed by atoms with Gasteiger partial charge in [0.1, 0.15) is 11.5 Å². The summed E-state index contributed by atoms with van der Waals surface area (Å²) in [7, 11) is 0. The van der Waals surface area contributed by atoms with Gasteiger partial charge >= 0.3 is 12.1 Å². The Bertz CT molecular complexity index is 459. The van der Waals surface area contributed by atoms with Crippen molar-refractivity contribution in [3.63, 3.8) is 0 Å². The van der Waals surface area contributed by atoms with Gasteiger partial charge in [0.05, 0.1) is 0 Å². The SMILES string of the molecule is CC(=O)Cc1c(OC(F)F)cccc1SC(F)(F)F. The first kappa shape index (κ1) is 15.7. The number of alkyl halides is 5. The van der Waals surface area contributed by atoms with Crippen molar-refractivity contribution in [3.8, 4) is 5.75 Å². The zero-order valence-electron chi connectivity index (χ0n) is 9.63. The molecule has 0 spiro atoms. The first-order chi connectivity index (χ1) is 8.69. The van der Waals surface area contributed by atoms with Crippen LogP contribution in [0.4, 0.5) is 22.0 Å². The highest BCUT2D eigenvalue weighted by Gasteiger charge is 2.31. The van der Waals surface area contributed by atoms with Crippen LogP contribution in [-0.2, 0) is 11.2 Å². The lowest BCUT2D eigenvalue weighted by molar-refractivity contribution is -0.116. The molecule has 0 aliphatic carbocycles. The lowest BCUT2D eigenvalue weighted by Crippen LogP contribution is -2.09. The summed E-state index contributed by atoms with van der Waals surface area (Å²) in [5.41, 5.74) is -4.76. The minimum atomic E-state index is -4.57. The second kappa shape index (κ2) is 6.23. The number of ketones is 1. The molecule has 2 nitrogen and oxygen atoms in total. The average Bonchev–Trinajstić information content (AvgIpc) is 2.19. The van der Waals surface area contributed by atoms with Gasteiger partial charge in [-0.15, -0.1) is 0 Å². The van der Waals surface area contributed by atoms with Crippen molar-refractivity contribution in [2.45, 2.75) is 30.4 Å². The Hall–Kier alpha value is -1.31. The van der Waals surface area contributed by atoms with E-state index >= 15 is 0 Å². The van der Waals surface area contributed by atoms with Crippen molar-refractivity contribution in [2.75, 3.05) is 0 Å². The molecule has 0 heterocycles. The molecule has 0 fully saturated rings. The standard InChI is InChI=1S/C11H9F5O2S/c1-6(17)5-7-8(18-10(12)13)3-2-4-9(7)19-11(14,15)16/h2-4,10H,5H2,1H3. The van der Waals surface area contributed by atoms with Crippen molar-refractivity contribution < 1.29 is 31.5 Å². The van der Waals surface area contributed by atoms with Crippen LogP contribution in [0.2, 0.25) is 0 Å². The van der Waals surface area contributed by atoms with Crippen molar-refractivity contribution in [3.05, 3.63) is 23.8 Å². The van der Waals surface area contributed by atoms with E-state index in [9.17, 15) is 26.7 Å². The number of halogens is 5. The van der Waals surface area contributed by atoms with Gasteiger partial charge in [-0.05, 0) is 30.8 Å². The number of benzene rings is 1. The number of Topliss-reactive ketones (excluding diaryl/α,β-unsaturated/α-hetero) is 1. The summed E-state index contributed by atoms with van der Waals surface area (Å²) >= 11 is -0.467. The van der Waals surface area contributed by atoms with Gasteiger partial charge in [-0.3, -0.25) is 4.79 Å². The number of rotatable bonds is 5. The lowest BCUT2D eigenvalue weighted by atomic mass is 10.1. The van der Waals surface area contributed by atoms with Crippen LogP contribution >= 0.6 is 11.8 Å². The largest absolute Gasteiger partial charge is 0.446 e. The van der Waals surface area contributed by atoms with Crippen LogP contribution in [0.15, 0.2) is 23.1 Å². The van der Waals surface area contributed by atoms with Gasteiger partial charge in [-0.25, -0.2) is 0 Å². The molecular weight excluding hydrogens is 291 g/mol. The van der Waals surface area contributed by atoms with Gasteiger partial charge < -0.3 is 4.74 Å². The Morgan fingerprint density at radius 3 is 2.47 bits per heavy atom. The maximum Gasteiger partial charge on any atom is 0.446 e. The predicted molar refractivity (Wildman–Crippen MR) is 59.4 cm³/mol. The molecule has 1 aromatic carbocycles. The molecule has 106 valence electrons. The summed E-state index contributed by atoms with van der Waals surface area (Å²) in [4.78, 5) is 10.7. The molecule has 0 saturated heterocycles. The van der Waals surface area contributed by atoms with Gasteiger partial charge in [-0.1, -0.05) is 6.07 Å². The number of carbonyl (C=O) groups is 1. The number of ether oxygens (including phenoxy) is 1. The Balaban J connectivity index is 3.17. The van der Waals surface area contributed by atoms with Gasteiger partial charge in [0.15, 0.2) is 0 Å². The van der Waals surface area contributed by atoms with E-state index < -0.39 is 41.8 Å². The maximum absolute atomic E-state index is 12.3. The van der Waals surface area contributed by atoms with Gasteiger partial charge in [0, 0.05) is 16.9 Å². The first-order valence-electron chi connectivity index (χ1n) is 5.01. The van der Waals surface area contributed by atoms with E-state index in [1.165, 1.54) is 0 Å². The molecule has 0 saturated carbocycles. The molecule has 1 rings (SSSR count). The molecule has 0 radical (unpaired) electrons. The smallest absolute Gasteiger partial charge is 0.434 e. The number of carbonyl (C=O) groups excluding carboxylic acids is 1. The third-order valence-corrected chi connectivity index (χ3v) is 2.79. The van der Waals surface area contributed by atoms with Crippen LogP contribution in [0.1, 0.15) is 12.5 Å². The molecular formula is C11H9F5O2S. The third kappa shape index (κ3) is 5.46. The molecule has 8 heteroatoms. The number of hydrogen-bond donors (Lipinski definition) is 0. The Kier molecular flexibility index (Phi) is 5.16. The van der Waals surface area contributed by atoms with Crippen molar-refractivity contribution in [1.29, 1.82) is 0 Å². The summed E-state index contributed by atoms with van der Waals surface area (Å²) in [6.07, 6.45) is -0.401. The van der Waals surface area contributed by atoms with Crippen LogP contribution in [-0.4, -0.2) is 17.9 Å². The van der Waals surface area contributed by atoms with E-state index in [4.69, 9.17) is 0 Å². The summed E-state index contributed by atoms with van der Waals surface area (Å²) in [6.45, 7) is -2.02. The highest BCUT2D eigenvalue weighted by Crippen LogP contribution is 2.41. The summed E-state index contributed by atoms with van der Waals surface area (Å²) in [5, 5.41) is 0. The summed E-state index contributed by atoms with van der Waals surface area (Å²) < 4.78 is 65.5. The minimum Gasteiger partial charge on any atom is -0.434 e. The molecule has 0 amide bonds. The van der Waals surface area contributed by atoms with Crippen LogP contribution in [0.5, 0.6) is 5.75 Å². The lowest BCUT2D eigenvalue weighted by Gasteiger charge is -2.14. The van der Waals surface area contributed by atoms with Crippen molar-refractivity contribution in [1.82, 2.24) is 0 Å². The van der Waals surface area contributed by atoms with Crippen LogP contribution in [0, 0.1) is 0 Å². The zero-order chi connectivity index (χ0) is 14.6. The number of hydrogen-bond acceptors (Lipinski definition) is 3. The topological polar surface area (TPSA) is 26.3 Å².